The van der Waals surface area contributed by atoms with Gasteiger partial charge in [0.2, 0.25) is 5.75 Å². The number of aryl methyl sites for hydroxylation is 1. The van der Waals surface area contributed by atoms with Gasteiger partial charge in [0.05, 0.1) is 57.1 Å². The molecule has 11 heteroatoms. The number of nitrogens with one attached hydrogen (secondary N) is 1. The van der Waals surface area contributed by atoms with Gasteiger partial charge in [0.15, 0.2) is 28.8 Å². The van der Waals surface area contributed by atoms with Crippen LogP contribution in [-0.2, 0) is 0 Å². The Morgan fingerprint density at radius 1 is 0.776 bits per heavy atom. The van der Waals surface area contributed by atoms with Gasteiger partial charge in [0.1, 0.15) is 11.4 Å². The van der Waals surface area contributed by atoms with Crippen LogP contribution in [-0.4, -0.2) is 48.9 Å². The molecule has 0 amide bonds. The molecular formula is C38H34ClN5O5. The number of benzene rings is 4. The summed E-state index contributed by atoms with van der Waals surface area (Å²) in [6.07, 6.45) is 2.21. The molecule has 0 fully saturated rings. The highest BCUT2D eigenvalue weighted by atomic mass is 35.5. The molecule has 0 bridgehead atoms. The van der Waals surface area contributed by atoms with E-state index in [9.17, 15) is 0 Å². The molecule has 4 aromatic carbocycles. The van der Waals surface area contributed by atoms with Crippen molar-refractivity contribution in [2.24, 2.45) is 4.99 Å². The van der Waals surface area contributed by atoms with Gasteiger partial charge in [-0.1, -0.05) is 35.9 Å². The first-order chi connectivity index (χ1) is 23.9. The Labute approximate surface area is 288 Å². The second-order valence-electron chi connectivity index (χ2n) is 11.4. The standard InChI is InChI=1S/C38H34ClN5O5/c1-22-36-38(44(43-22)26-9-7-6-8-10-26)42-28(21-29(41-36)24-18-34(46-3)37(48-5)35(19-24)47-4)23-11-14-32(33(17-23)45-2)49-31-15-16-40-30-20-25(39)12-13-27(30)31/h6-20,28,42H,21H2,1-5H3. The zero-order valence-corrected chi connectivity index (χ0v) is 28.4. The van der Waals surface area contributed by atoms with E-state index in [4.69, 9.17) is 45.4 Å². The molecule has 49 heavy (non-hydrogen) atoms. The number of aliphatic imine (C=N–C) groups is 1. The minimum Gasteiger partial charge on any atom is -0.493 e. The molecule has 1 aliphatic rings. The summed E-state index contributed by atoms with van der Waals surface area (Å²) < 4.78 is 31.2. The van der Waals surface area contributed by atoms with E-state index in [1.165, 1.54) is 0 Å². The minimum atomic E-state index is -0.246. The van der Waals surface area contributed by atoms with E-state index in [0.717, 1.165) is 50.6 Å². The van der Waals surface area contributed by atoms with Crippen LogP contribution in [0.5, 0.6) is 34.5 Å². The highest BCUT2D eigenvalue weighted by Gasteiger charge is 2.28. The number of hydrogen-bond acceptors (Lipinski definition) is 9. The van der Waals surface area contributed by atoms with Crippen molar-refractivity contribution in [1.29, 1.82) is 0 Å². The topological polar surface area (TPSA) is 101 Å². The second kappa shape index (κ2) is 13.4. The van der Waals surface area contributed by atoms with E-state index in [2.05, 4.69) is 10.3 Å². The number of ether oxygens (including phenoxy) is 5. The van der Waals surface area contributed by atoms with E-state index in [1.54, 1.807) is 34.6 Å². The SMILES string of the molecule is COc1cc(C2CC(c3cc(OC)c(OC)c(OC)c3)=Nc3c(C)nn(-c4ccccc4)c3N2)ccc1Oc1ccnc2cc(Cl)ccc12. The van der Waals surface area contributed by atoms with E-state index in [1.807, 2.05) is 96.5 Å². The Balaban J connectivity index is 1.33. The highest BCUT2D eigenvalue weighted by molar-refractivity contribution is 6.31. The second-order valence-corrected chi connectivity index (χ2v) is 11.8. The fourth-order valence-corrected chi connectivity index (χ4v) is 6.21. The fourth-order valence-electron chi connectivity index (χ4n) is 6.05. The van der Waals surface area contributed by atoms with E-state index >= 15 is 0 Å². The van der Waals surface area contributed by atoms with Crippen LogP contribution in [0.1, 0.15) is 29.3 Å². The third-order valence-corrected chi connectivity index (χ3v) is 8.69. The predicted octanol–water partition coefficient (Wildman–Crippen LogP) is 8.89. The fraction of sp³-hybridized carbons (Fsp3) is 0.184. The molecule has 6 aromatic rings. The van der Waals surface area contributed by atoms with Gasteiger partial charge < -0.3 is 29.0 Å². The van der Waals surface area contributed by atoms with Gasteiger partial charge in [-0.15, -0.1) is 0 Å². The van der Waals surface area contributed by atoms with Crippen LogP contribution >= 0.6 is 11.6 Å². The molecule has 0 spiro atoms. The van der Waals surface area contributed by atoms with Crippen LogP contribution in [0.4, 0.5) is 11.5 Å². The molecule has 7 rings (SSSR count). The summed E-state index contributed by atoms with van der Waals surface area (Å²) in [7, 11) is 6.43. The lowest BCUT2D eigenvalue weighted by molar-refractivity contribution is 0.324. The third kappa shape index (κ3) is 6.07. The maximum absolute atomic E-state index is 6.41. The van der Waals surface area contributed by atoms with E-state index in [0.29, 0.717) is 45.9 Å². The van der Waals surface area contributed by atoms with Gasteiger partial charge in [-0.3, -0.25) is 4.98 Å². The largest absolute Gasteiger partial charge is 0.493 e. The number of fused-ring (bicyclic) bond motifs is 2. The first kappa shape index (κ1) is 31.8. The van der Waals surface area contributed by atoms with Crippen molar-refractivity contribution in [3.05, 3.63) is 113 Å². The number of hydrogen-bond donors (Lipinski definition) is 1. The van der Waals surface area contributed by atoms with E-state index < -0.39 is 0 Å². The van der Waals surface area contributed by atoms with Gasteiger partial charge in [-0.2, -0.15) is 5.10 Å². The third-order valence-electron chi connectivity index (χ3n) is 8.46. The number of aromatic nitrogens is 3. The van der Waals surface area contributed by atoms with Crippen LogP contribution in [0.3, 0.4) is 0 Å². The molecule has 0 saturated heterocycles. The number of pyridine rings is 1. The summed E-state index contributed by atoms with van der Waals surface area (Å²) in [5.74, 6) is 4.14. The van der Waals surface area contributed by atoms with Gasteiger partial charge >= 0.3 is 0 Å². The molecule has 1 N–H and O–H groups in total. The van der Waals surface area contributed by atoms with Crippen molar-refractivity contribution < 1.29 is 23.7 Å². The molecule has 0 aliphatic carbocycles. The summed E-state index contributed by atoms with van der Waals surface area (Å²) in [6, 6.07) is 26.9. The Morgan fingerprint density at radius 3 is 2.24 bits per heavy atom. The average molecular weight is 676 g/mol. The lowest BCUT2D eigenvalue weighted by Crippen LogP contribution is -2.17. The summed E-state index contributed by atoms with van der Waals surface area (Å²) in [6.45, 7) is 1.96. The van der Waals surface area contributed by atoms with Gasteiger partial charge in [-0.25, -0.2) is 9.67 Å². The van der Waals surface area contributed by atoms with Crippen LogP contribution in [0.25, 0.3) is 16.6 Å². The molecule has 1 unspecified atom stereocenters. The number of nitrogens with zero attached hydrogens (tertiary/aromatic N) is 4. The van der Waals surface area contributed by atoms with Gasteiger partial charge in [0.25, 0.3) is 0 Å². The normalized spacial score (nSPS) is 13.9. The molecular weight excluding hydrogens is 642 g/mol. The van der Waals surface area contributed by atoms with Crippen LogP contribution in [0.15, 0.2) is 96.1 Å². The lowest BCUT2D eigenvalue weighted by Gasteiger charge is -2.22. The van der Waals surface area contributed by atoms with E-state index in [-0.39, 0.29) is 6.04 Å². The molecule has 0 saturated carbocycles. The Morgan fingerprint density at radius 2 is 1.53 bits per heavy atom. The number of para-hydroxylation sites is 1. The maximum atomic E-state index is 6.41. The lowest BCUT2D eigenvalue weighted by atomic mass is 9.96. The Bertz CT molecular complexity index is 2180. The Hall–Kier alpha value is -5.74. The summed E-state index contributed by atoms with van der Waals surface area (Å²) in [4.78, 5) is 9.67. The molecule has 1 atom stereocenters. The zero-order chi connectivity index (χ0) is 34.1. The van der Waals surface area contributed by atoms with Crippen molar-refractivity contribution in [2.75, 3.05) is 33.8 Å². The number of halogens is 1. The predicted molar refractivity (Wildman–Crippen MR) is 191 cm³/mol. The highest BCUT2D eigenvalue weighted by Crippen LogP contribution is 2.44. The number of rotatable bonds is 9. The Kier molecular flexibility index (Phi) is 8.71. The monoisotopic (exact) mass is 675 g/mol. The van der Waals surface area contributed by atoms with Crippen molar-refractivity contribution in [3.8, 4) is 40.2 Å². The van der Waals surface area contributed by atoms with Crippen molar-refractivity contribution in [1.82, 2.24) is 14.8 Å². The maximum Gasteiger partial charge on any atom is 0.203 e. The summed E-state index contributed by atoms with van der Waals surface area (Å²) in [5, 5.41) is 10.1. The molecule has 2 aromatic heterocycles. The van der Waals surface area contributed by atoms with Crippen LogP contribution in [0, 0.1) is 6.92 Å². The molecule has 248 valence electrons. The van der Waals surface area contributed by atoms with Crippen LogP contribution < -0.4 is 29.0 Å². The van der Waals surface area contributed by atoms with Crippen molar-refractivity contribution in [3.63, 3.8) is 0 Å². The van der Waals surface area contributed by atoms with Crippen molar-refractivity contribution >= 4 is 39.7 Å². The summed E-state index contributed by atoms with van der Waals surface area (Å²) >= 11 is 6.21. The molecule has 1 aliphatic heterocycles. The average Bonchev–Trinajstić information content (AvgIpc) is 3.30. The molecule has 3 heterocycles. The summed E-state index contributed by atoms with van der Waals surface area (Å²) in [5.41, 5.74) is 5.78. The van der Waals surface area contributed by atoms with Crippen LogP contribution in [0.2, 0.25) is 5.02 Å². The first-order valence-electron chi connectivity index (χ1n) is 15.6. The van der Waals surface area contributed by atoms with Crippen molar-refractivity contribution in [2.45, 2.75) is 19.4 Å². The number of anilines is 1. The number of methoxy groups -OCH3 is 4. The first-order valence-corrected chi connectivity index (χ1v) is 16.0. The minimum absolute atomic E-state index is 0.246. The molecule has 10 nitrogen and oxygen atoms in total. The molecule has 0 radical (unpaired) electrons. The quantitative estimate of drug-likeness (QED) is 0.162. The van der Waals surface area contributed by atoms with Gasteiger partial charge in [-0.05, 0) is 73.2 Å². The van der Waals surface area contributed by atoms with Gasteiger partial charge in [0, 0.05) is 28.6 Å². The smallest absolute Gasteiger partial charge is 0.203 e. The zero-order valence-electron chi connectivity index (χ0n) is 27.7.